The summed E-state index contributed by atoms with van der Waals surface area (Å²) in [4.78, 5) is 8.29. The zero-order valence-corrected chi connectivity index (χ0v) is 11.2. The van der Waals surface area contributed by atoms with Gasteiger partial charge in [-0.1, -0.05) is 0 Å². The molecule has 2 aromatic rings. The van der Waals surface area contributed by atoms with Crippen LogP contribution in [0, 0.1) is 0 Å². The molecular formula is C15H17N5. The number of amidine groups is 2. The first-order valence-electron chi connectivity index (χ1n) is 6.13. The Kier molecular flexibility index (Phi) is 4.00. The van der Waals surface area contributed by atoms with Gasteiger partial charge in [0.05, 0.1) is 5.69 Å². The first-order valence-corrected chi connectivity index (χ1v) is 6.13. The van der Waals surface area contributed by atoms with E-state index in [4.69, 9.17) is 17.2 Å². The molecule has 5 nitrogen and oxygen atoms in total. The zero-order chi connectivity index (χ0) is 14.5. The molecule has 20 heavy (non-hydrogen) atoms. The maximum Gasteiger partial charge on any atom is 0.131 e. The first-order chi connectivity index (χ1) is 9.60. The fraction of sp³-hybridized carbons (Fsp3) is 0.0667. The molecule has 0 radical (unpaired) electrons. The quantitative estimate of drug-likeness (QED) is 0.447. The second-order valence-corrected chi connectivity index (χ2v) is 4.27. The molecular weight excluding hydrogens is 250 g/mol. The highest BCUT2D eigenvalue weighted by atomic mass is 14.9. The summed E-state index contributed by atoms with van der Waals surface area (Å²) in [6, 6.07) is 14.7. The van der Waals surface area contributed by atoms with Crippen molar-refractivity contribution >= 4 is 23.0 Å². The lowest BCUT2D eigenvalue weighted by atomic mass is 10.1. The maximum atomic E-state index is 5.96. The van der Waals surface area contributed by atoms with Crippen LogP contribution in [0.25, 0.3) is 0 Å². The Morgan fingerprint density at radius 1 is 0.800 bits per heavy atom. The highest BCUT2D eigenvalue weighted by molar-refractivity contribution is 6.00. The van der Waals surface area contributed by atoms with Crippen molar-refractivity contribution in [2.45, 2.75) is 0 Å². The molecule has 0 aromatic heterocycles. The predicted octanol–water partition coefficient (Wildman–Crippen LogP) is 1.64. The minimum atomic E-state index is 0.440. The van der Waals surface area contributed by atoms with Crippen LogP contribution in [0.5, 0.6) is 0 Å². The minimum absolute atomic E-state index is 0.440. The van der Waals surface area contributed by atoms with Gasteiger partial charge in [-0.3, -0.25) is 4.99 Å². The van der Waals surface area contributed by atoms with Gasteiger partial charge < -0.3 is 17.2 Å². The van der Waals surface area contributed by atoms with Crippen molar-refractivity contribution in [3.63, 3.8) is 0 Å². The van der Waals surface area contributed by atoms with Gasteiger partial charge in [0.2, 0.25) is 0 Å². The third kappa shape index (κ3) is 3.14. The molecule has 5 heteroatoms. The standard InChI is InChI=1S/C15H17N5/c1-19-14(17)10-4-8-13(9-5-10)20-15(18)11-2-6-12(16)7-3-11/h2-9H,16H2,1H3,(H2,17,19)(H2,18,20). The Hall–Kier alpha value is -2.82. The monoisotopic (exact) mass is 267 g/mol. The molecule has 0 aliphatic rings. The largest absolute Gasteiger partial charge is 0.399 e. The third-order valence-corrected chi connectivity index (χ3v) is 2.86. The van der Waals surface area contributed by atoms with Crippen LogP contribution in [0.15, 0.2) is 58.5 Å². The summed E-state index contributed by atoms with van der Waals surface area (Å²) < 4.78 is 0. The highest BCUT2D eigenvalue weighted by Gasteiger charge is 2.00. The lowest BCUT2D eigenvalue weighted by Gasteiger charge is -2.03. The van der Waals surface area contributed by atoms with Crippen molar-refractivity contribution in [1.82, 2.24) is 0 Å². The lowest BCUT2D eigenvalue weighted by Crippen LogP contribution is -2.13. The zero-order valence-electron chi connectivity index (χ0n) is 11.2. The van der Waals surface area contributed by atoms with Gasteiger partial charge in [-0.2, -0.15) is 0 Å². The summed E-state index contributed by atoms with van der Waals surface area (Å²) in [5.41, 5.74) is 20.5. The Morgan fingerprint density at radius 2 is 1.30 bits per heavy atom. The molecule has 0 spiro atoms. The second kappa shape index (κ2) is 5.88. The highest BCUT2D eigenvalue weighted by Crippen LogP contribution is 2.15. The number of nitrogens with two attached hydrogens (primary N) is 3. The molecule has 0 amide bonds. The molecule has 0 atom stereocenters. The molecule has 0 bridgehead atoms. The van der Waals surface area contributed by atoms with E-state index in [1.54, 1.807) is 19.2 Å². The van der Waals surface area contributed by atoms with Crippen molar-refractivity contribution in [2.75, 3.05) is 12.8 Å². The lowest BCUT2D eigenvalue weighted by molar-refractivity contribution is 1.38. The first kappa shape index (κ1) is 13.6. The van der Waals surface area contributed by atoms with Gasteiger partial charge in [-0.05, 0) is 48.5 Å². The fourth-order valence-electron chi connectivity index (χ4n) is 1.69. The molecule has 6 N–H and O–H groups in total. The van der Waals surface area contributed by atoms with Crippen LogP contribution >= 0.6 is 0 Å². The SMILES string of the molecule is CN=C(N)c1ccc(N=C(N)c2ccc(N)cc2)cc1. The fourth-order valence-corrected chi connectivity index (χ4v) is 1.69. The number of hydrogen-bond donors (Lipinski definition) is 3. The number of rotatable bonds is 3. The van der Waals surface area contributed by atoms with Crippen LogP contribution in [0.3, 0.4) is 0 Å². The van der Waals surface area contributed by atoms with E-state index in [-0.39, 0.29) is 0 Å². The molecule has 0 aliphatic carbocycles. The van der Waals surface area contributed by atoms with Crippen LogP contribution in [0.4, 0.5) is 11.4 Å². The molecule has 0 fully saturated rings. The number of anilines is 1. The van der Waals surface area contributed by atoms with Gasteiger partial charge in [-0.25, -0.2) is 4.99 Å². The van der Waals surface area contributed by atoms with Crippen LogP contribution in [0.2, 0.25) is 0 Å². The number of nitrogen functional groups attached to an aromatic ring is 1. The summed E-state index contributed by atoms with van der Waals surface area (Å²) in [6.07, 6.45) is 0. The van der Waals surface area contributed by atoms with E-state index >= 15 is 0 Å². The number of aliphatic imine (C=N–C) groups is 2. The minimum Gasteiger partial charge on any atom is -0.399 e. The van der Waals surface area contributed by atoms with Gasteiger partial charge >= 0.3 is 0 Å². The molecule has 0 saturated heterocycles. The van der Waals surface area contributed by atoms with Gasteiger partial charge in [0.1, 0.15) is 11.7 Å². The van der Waals surface area contributed by atoms with Crippen LogP contribution in [0.1, 0.15) is 11.1 Å². The molecule has 0 heterocycles. The Labute approximate surface area is 117 Å². The molecule has 2 aromatic carbocycles. The van der Waals surface area contributed by atoms with Gasteiger partial charge in [0.25, 0.3) is 0 Å². The molecule has 102 valence electrons. The van der Waals surface area contributed by atoms with Crippen molar-refractivity contribution in [1.29, 1.82) is 0 Å². The van der Waals surface area contributed by atoms with E-state index in [0.29, 0.717) is 17.4 Å². The summed E-state index contributed by atoms with van der Waals surface area (Å²) >= 11 is 0. The summed E-state index contributed by atoms with van der Waals surface area (Å²) in [6.45, 7) is 0. The topological polar surface area (TPSA) is 103 Å². The van der Waals surface area contributed by atoms with Gasteiger partial charge in [0, 0.05) is 23.9 Å². The van der Waals surface area contributed by atoms with Crippen molar-refractivity contribution in [3.8, 4) is 0 Å². The van der Waals surface area contributed by atoms with Crippen LogP contribution in [-0.2, 0) is 0 Å². The molecule has 0 unspecified atom stereocenters. The van der Waals surface area contributed by atoms with Crippen LogP contribution in [-0.4, -0.2) is 18.7 Å². The Morgan fingerprint density at radius 3 is 1.85 bits per heavy atom. The Bertz CT molecular complexity index is 639. The number of benzene rings is 2. The van der Waals surface area contributed by atoms with E-state index in [1.165, 1.54) is 0 Å². The van der Waals surface area contributed by atoms with Gasteiger partial charge in [0.15, 0.2) is 0 Å². The normalized spacial score (nSPS) is 12.4. The summed E-state index contributed by atoms with van der Waals surface area (Å²) in [7, 11) is 1.65. The maximum absolute atomic E-state index is 5.96. The smallest absolute Gasteiger partial charge is 0.131 e. The van der Waals surface area contributed by atoms with Crippen molar-refractivity contribution in [2.24, 2.45) is 21.5 Å². The van der Waals surface area contributed by atoms with Crippen molar-refractivity contribution < 1.29 is 0 Å². The molecule has 2 rings (SSSR count). The average Bonchev–Trinajstić information content (AvgIpc) is 2.48. The van der Waals surface area contributed by atoms with Gasteiger partial charge in [-0.15, -0.1) is 0 Å². The van der Waals surface area contributed by atoms with Crippen LogP contribution < -0.4 is 17.2 Å². The Balaban J connectivity index is 2.24. The third-order valence-electron chi connectivity index (χ3n) is 2.86. The van der Waals surface area contributed by atoms with E-state index in [9.17, 15) is 0 Å². The second-order valence-electron chi connectivity index (χ2n) is 4.27. The van der Waals surface area contributed by atoms with E-state index in [2.05, 4.69) is 9.98 Å². The van der Waals surface area contributed by atoms with E-state index in [0.717, 1.165) is 16.8 Å². The van der Waals surface area contributed by atoms with E-state index < -0.39 is 0 Å². The summed E-state index contributed by atoms with van der Waals surface area (Å²) in [5.74, 6) is 0.932. The number of hydrogen-bond acceptors (Lipinski definition) is 3. The predicted molar refractivity (Wildman–Crippen MR) is 84.3 cm³/mol. The average molecular weight is 267 g/mol. The van der Waals surface area contributed by atoms with E-state index in [1.807, 2.05) is 36.4 Å². The summed E-state index contributed by atoms with van der Waals surface area (Å²) in [5, 5.41) is 0. The number of nitrogens with zero attached hydrogens (tertiary/aromatic N) is 2. The molecule has 0 saturated carbocycles. The molecule has 0 aliphatic heterocycles. The van der Waals surface area contributed by atoms with Crippen molar-refractivity contribution in [3.05, 3.63) is 59.7 Å².